The van der Waals surface area contributed by atoms with Gasteiger partial charge in [0.25, 0.3) is 5.91 Å². The Kier molecular flexibility index (Phi) is 5.53. The molecule has 1 aromatic rings. The molecule has 7 heteroatoms. The average Bonchev–Trinajstić information content (AvgIpc) is 3.18. The zero-order valence-electron chi connectivity index (χ0n) is 15.8. The third kappa shape index (κ3) is 4.14. The van der Waals surface area contributed by atoms with E-state index in [9.17, 15) is 4.79 Å². The Bertz CT molecular complexity index is 872. The lowest BCUT2D eigenvalue weighted by Gasteiger charge is -2.23. The quantitative estimate of drug-likeness (QED) is 0.648. The Morgan fingerprint density at radius 1 is 1.21 bits per heavy atom. The molecule has 1 unspecified atom stereocenters. The molecule has 0 saturated heterocycles. The first kappa shape index (κ1) is 18.4. The maximum atomic E-state index is 12.2. The van der Waals surface area contributed by atoms with Gasteiger partial charge in [-0.05, 0) is 31.2 Å². The van der Waals surface area contributed by atoms with Crippen LogP contribution in [0, 0.1) is 5.92 Å². The van der Waals surface area contributed by atoms with E-state index in [0.717, 1.165) is 42.5 Å². The highest BCUT2D eigenvalue weighted by Gasteiger charge is 2.26. The monoisotopic (exact) mass is 381 g/mol. The van der Waals surface area contributed by atoms with Gasteiger partial charge in [-0.15, -0.1) is 0 Å². The van der Waals surface area contributed by atoms with Crippen molar-refractivity contribution in [1.82, 2.24) is 4.90 Å². The summed E-state index contributed by atoms with van der Waals surface area (Å²) in [7, 11) is 0. The zero-order valence-corrected chi connectivity index (χ0v) is 15.8. The molecule has 0 spiro atoms. The highest BCUT2D eigenvalue weighted by Crippen LogP contribution is 2.35. The molecule has 2 aliphatic heterocycles. The molecule has 4 rings (SSSR count). The van der Waals surface area contributed by atoms with Crippen LogP contribution in [0.1, 0.15) is 13.3 Å². The SMILES string of the molecule is CCN(CCCOc1ccc2c(c1)OCO2)CC1=NC(=O)C2C=CC=CC2=N1. The van der Waals surface area contributed by atoms with Crippen LogP contribution in [0.3, 0.4) is 0 Å². The van der Waals surface area contributed by atoms with Crippen molar-refractivity contribution in [2.45, 2.75) is 13.3 Å². The molecule has 1 atom stereocenters. The predicted molar refractivity (Wildman–Crippen MR) is 106 cm³/mol. The normalized spacial score (nSPS) is 19.5. The number of amides is 1. The maximum Gasteiger partial charge on any atom is 0.260 e. The Hall–Kier alpha value is -2.93. The van der Waals surface area contributed by atoms with Crippen molar-refractivity contribution >= 4 is 17.5 Å². The summed E-state index contributed by atoms with van der Waals surface area (Å²) in [4.78, 5) is 23.1. The van der Waals surface area contributed by atoms with E-state index in [4.69, 9.17) is 14.2 Å². The first-order valence-electron chi connectivity index (χ1n) is 9.52. The lowest BCUT2D eigenvalue weighted by molar-refractivity contribution is -0.118. The van der Waals surface area contributed by atoms with E-state index < -0.39 is 0 Å². The molecule has 146 valence electrons. The van der Waals surface area contributed by atoms with Crippen LogP contribution >= 0.6 is 0 Å². The van der Waals surface area contributed by atoms with E-state index in [2.05, 4.69) is 21.8 Å². The van der Waals surface area contributed by atoms with Crippen molar-refractivity contribution in [3.63, 3.8) is 0 Å². The first-order valence-corrected chi connectivity index (χ1v) is 9.52. The molecular weight excluding hydrogens is 358 g/mol. The van der Waals surface area contributed by atoms with Gasteiger partial charge in [0.2, 0.25) is 6.79 Å². The minimum Gasteiger partial charge on any atom is -0.493 e. The lowest BCUT2D eigenvalue weighted by atomic mass is 9.96. The molecule has 3 aliphatic rings. The van der Waals surface area contributed by atoms with Crippen LogP contribution in [0.2, 0.25) is 0 Å². The summed E-state index contributed by atoms with van der Waals surface area (Å²) in [6.07, 6.45) is 8.34. The molecule has 0 N–H and O–H groups in total. The van der Waals surface area contributed by atoms with Gasteiger partial charge >= 0.3 is 0 Å². The van der Waals surface area contributed by atoms with Gasteiger partial charge in [0.05, 0.1) is 18.9 Å². The van der Waals surface area contributed by atoms with E-state index >= 15 is 0 Å². The molecule has 1 aliphatic carbocycles. The summed E-state index contributed by atoms with van der Waals surface area (Å²) in [6.45, 7) is 5.17. The molecule has 1 amide bonds. The average molecular weight is 381 g/mol. The third-order valence-electron chi connectivity index (χ3n) is 4.81. The molecule has 1 aromatic carbocycles. The van der Waals surface area contributed by atoms with Gasteiger partial charge in [-0.2, -0.15) is 4.99 Å². The number of carbonyl (C=O) groups excluding carboxylic acids is 1. The highest BCUT2D eigenvalue weighted by atomic mass is 16.7. The van der Waals surface area contributed by atoms with Crippen LogP contribution in [0.15, 0.2) is 52.5 Å². The summed E-state index contributed by atoms with van der Waals surface area (Å²) in [6, 6.07) is 5.59. The molecule has 0 fully saturated rings. The second-order valence-corrected chi connectivity index (χ2v) is 6.71. The van der Waals surface area contributed by atoms with Crippen LogP contribution in [0.25, 0.3) is 0 Å². The minimum absolute atomic E-state index is 0.136. The Balaban J connectivity index is 1.26. The standard InChI is InChI=1S/C21H23N3O4/c1-2-24(13-20-22-17-7-4-3-6-16(17)21(25)23-20)10-5-11-26-15-8-9-18-19(12-15)28-14-27-18/h3-4,6-9,12,16H,2,5,10-11,13-14H2,1H3. The van der Waals surface area contributed by atoms with Gasteiger partial charge in [0, 0.05) is 12.6 Å². The van der Waals surface area contributed by atoms with Crippen molar-refractivity contribution in [1.29, 1.82) is 0 Å². The van der Waals surface area contributed by atoms with Gasteiger partial charge in [0.15, 0.2) is 11.5 Å². The Morgan fingerprint density at radius 2 is 2.11 bits per heavy atom. The van der Waals surface area contributed by atoms with Gasteiger partial charge in [-0.1, -0.05) is 25.2 Å². The number of fused-ring (bicyclic) bond motifs is 2. The molecular formula is C21H23N3O4. The smallest absolute Gasteiger partial charge is 0.260 e. The number of nitrogens with zero attached hydrogens (tertiary/aromatic N) is 3. The van der Waals surface area contributed by atoms with Gasteiger partial charge in [-0.3, -0.25) is 9.69 Å². The second-order valence-electron chi connectivity index (χ2n) is 6.71. The third-order valence-corrected chi connectivity index (χ3v) is 4.81. The van der Waals surface area contributed by atoms with Crippen molar-refractivity contribution < 1.29 is 19.0 Å². The first-order chi connectivity index (χ1) is 13.7. The molecule has 0 radical (unpaired) electrons. The summed E-state index contributed by atoms with van der Waals surface area (Å²) >= 11 is 0. The molecule has 0 saturated carbocycles. The van der Waals surface area contributed by atoms with Crippen LogP contribution in [-0.2, 0) is 4.79 Å². The summed E-state index contributed by atoms with van der Waals surface area (Å²) in [5.74, 6) is 2.36. The largest absolute Gasteiger partial charge is 0.493 e. The van der Waals surface area contributed by atoms with Gasteiger partial charge in [0.1, 0.15) is 17.5 Å². The van der Waals surface area contributed by atoms with E-state index in [1.54, 1.807) is 0 Å². The van der Waals surface area contributed by atoms with E-state index in [0.29, 0.717) is 19.0 Å². The van der Waals surface area contributed by atoms with Crippen LogP contribution in [0.4, 0.5) is 0 Å². The summed E-state index contributed by atoms with van der Waals surface area (Å²) < 4.78 is 16.5. The summed E-state index contributed by atoms with van der Waals surface area (Å²) in [5, 5.41) is 0. The number of allylic oxidation sites excluding steroid dienone is 3. The van der Waals surface area contributed by atoms with Crippen LogP contribution in [0.5, 0.6) is 17.2 Å². The number of aliphatic imine (C=N–C) groups is 2. The number of likely N-dealkylation sites (N-methyl/N-ethyl adjacent to an activating group) is 1. The van der Waals surface area contributed by atoms with E-state index in [-0.39, 0.29) is 18.6 Å². The van der Waals surface area contributed by atoms with Crippen LogP contribution < -0.4 is 14.2 Å². The fourth-order valence-corrected chi connectivity index (χ4v) is 3.28. The molecule has 0 aromatic heterocycles. The van der Waals surface area contributed by atoms with Gasteiger partial charge < -0.3 is 14.2 Å². The molecule has 0 bridgehead atoms. The highest BCUT2D eigenvalue weighted by molar-refractivity contribution is 6.21. The van der Waals surface area contributed by atoms with Crippen molar-refractivity contribution in [2.24, 2.45) is 15.9 Å². The predicted octanol–water partition coefficient (Wildman–Crippen LogP) is 2.63. The van der Waals surface area contributed by atoms with Crippen LogP contribution in [-0.4, -0.2) is 55.4 Å². The Labute approximate surface area is 164 Å². The van der Waals surface area contributed by atoms with E-state index in [1.165, 1.54) is 0 Å². The topological polar surface area (TPSA) is 72.7 Å². The fourth-order valence-electron chi connectivity index (χ4n) is 3.28. The zero-order chi connectivity index (χ0) is 19.3. The number of carbonyl (C=O) groups is 1. The molecule has 7 nitrogen and oxygen atoms in total. The van der Waals surface area contributed by atoms with Crippen molar-refractivity contribution in [3.05, 3.63) is 42.5 Å². The number of ether oxygens (including phenoxy) is 3. The fraction of sp³-hybridized carbons (Fsp3) is 0.381. The number of rotatable bonds is 8. The Morgan fingerprint density at radius 3 is 3.00 bits per heavy atom. The van der Waals surface area contributed by atoms with E-state index in [1.807, 2.05) is 42.5 Å². The number of benzene rings is 1. The minimum atomic E-state index is -0.320. The number of hydrogen-bond donors (Lipinski definition) is 0. The number of hydrogen-bond acceptors (Lipinski definition) is 6. The maximum absolute atomic E-state index is 12.2. The van der Waals surface area contributed by atoms with Crippen molar-refractivity contribution in [3.8, 4) is 17.2 Å². The number of amidine groups is 1. The second kappa shape index (κ2) is 8.39. The summed E-state index contributed by atoms with van der Waals surface area (Å²) in [5.41, 5.74) is 0.777. The van der Waals surface area contributed by atoms with Gasteiger partial charge in [-0.25, -0.2) is 4.99 Å². The molecule has 2 heterocycles. The lowest BCUT2D eigenvalue weighted by Crippen LogP contribution is -2.35. The van der Waals surface area contributed by atoms with Crippen molar-refractivity contribution in [2.75, 3.05) is 33.0 Å². The molecule has 28 heavy (non-hydrogen) atoms.